The molecule has 1 aromatic heterocycles. The van der Waals surface area contributed by atoms with Gasteiger partial charge in [-0.2, -0.15) is 4.80 Å². The third kappa shape index (κ3) is 4.20. The van der Waals surface area contributed by atoms with Crippen LogP contribution in [0.25, 0.3) is 16.7 Å². The Kier molecular flexibility index (Phi) is 5.08. The molecular formula is C21H17BrN4O2. The molecule has 0 atom stereocenters. The van der Waals surface area contributed by atoms with E-state index in [1.165, 1.54) is 5.56 Å². The lowest BCUT2D eigenvalue weighted by atomic mass is 10.2. The lowest BCUT2D eigenvalue weighted by Crippen LogP contribution is -2.20. The third-order valence-corrected chi connectivity index (χ3v) is 4.64. The lowest BCUT2D eigenvalue weighted by Gasteiger charge is -2.07. The van der Waals surface area contributed by atoms with Crippen LogP contribution in [0.1, 0.15) is 5.56 Å². The van der Waals surface area contributed by atoms with Crippen LogP contribution in [-0.4, -0.2) is 27.5 Å². The van der Waals surface area contributed by atoms with Gasteiger partial charge in [0.1, 0.15) is 16.8 Å². The zero-order valence-electron chi connectivity index (χ0n) is 15.1. The van der Waals surface area contributed by atoms with E-state index in [-0.39, 0.29) is 12.5 Å². The van der Waals surface area contributed by atoms with E-state index in [4.69, 9.17) is 4.74 Å². The number of aromatic nitrogens is 3. The molecular weight excluding hydrogens is 420 g/mol. The van der Waals surface area contributed by atoms with E-state index in [9.17, 15) is 4.79 Å². The summed E-state index contributed by atoms with van der Waals surface area (Å²) in [5, 5.41) is 11.8. The Bertz CT molecular complexity index is 1120. The van der Waals surface area contributed by atoms with Gasteiger partial charge < -0.3 is 10.1 Å². The smallest absolute Gasteiger partial charge is 0.262 e. The van der Waals surface area contributed by atoms with Crippen molar-refractivity contribution in [1.29, 1.82) is 0 Å². The minimum absolute atomic E-state index is 0.0737. The number of nitrogens with one attached hydrogen (secondary N) is 1. The van der Waals surface area contributed by atoms with Crippen LogP contribution in [0.4, 0.5) is 5.69 Å². The number of halogens is 1. The minimum atomic E-state index is -0.242. The number of hydrogen-bond donors (Lipinski definition) is 1. The summed E-state index contributed by atoms with van der Waals surface area (Å²) in [5.41, 5.74) is 4.16. The van der Waals surface area contributed by atoms with Gasteiger partial charge in [0, 0.05) is 10.2 Å². The van der Waals surface area contributed by atoms with E-state index >= 15 is 0 Å². The van der Waals surface area contributed by atoms with Gasteiger partial charge in [-0.15, -0.1) is 10.2 Å². The van der Waals surface area contributed by atoms with Gasteiger partial charge in [0.2, 0.25) is 0 Å². The molecule has 0 unspecified atom stereocenters. The maximum atomic E-state index is 12.2. The van der Waals surface area contributed by atoms with Crippen molar-refractivity contribution in [3.05, 3.63) is 76.8 Å². The molecule has 0 bridgehead atoms. The predicted molar refractivity (Wildman–Crippen MR) is 112 cm³/mol. The molecule has 0 aliphatic carbocycles. The molecule has 4 rings (SSSR count). The first-order chi connectivity index (χ1) is 13.6. The van der Waals surface area contributed by atoms with Crippen molar-refractivity contribution in [2.75, 3.05) is 11.9 Å². The Morgan fingerprint density at radius 3 is 2.46 bits per heavy atom. The molecule has 0 aliphatic rings. The fourth-order valence-electron chi connectivity index (χ4n) is 2.66. The first-order valence-corrected chi connectivity index (χ1v) is 9.48. The second kappa shape index (κ2) is 7.82. The van der Waals surface area contributed by atoms with Crippen LogP contribution in [0.15, 0.2) is 71.2 Å². The van der Waals surface area contributed by atoms with E-state index in [2.05, 4.69) is 31.4 Å². The Morgan fingerprint density at radius 2 is 1.71 bits per heavy atom. The number of carbonyl (C=O) groups excluding carboxylic acids is 1. The Hall–Kier alpha value is -3.19. The fraction of sp³-hybridized carbons (Fsp3) is 0.0952. The molecule has 1 heterocycles. The monoisotopic (exact) mass is 436 g/mol. The van der Waals surface area contributed by atoms with Gasteiger partial charge in [0.25, 0.3) is 5.91 Å². The first-order valence-electron chi connectivity index (χ1n) is 8.69. The number of carbonyl (C=O) groups is 1. The topological polar surface area (TPSA) is 69.0 Å². The molecule has 140 valence electrons. The van der Waals surface area contributed by atoms with Crippen LogP contribution in [-0.2, 0) is 4.79 Å². The maximum absolute atomic E-state index is 12.2. The number of amides is 1. The van der Waals surface area contributed by atoms with E-state index in [1.54, 1.807) is 29.1 Å². The van der Waals surface area contributed by atoms with Crippen molar-refractivity contribution in [2.45, 2.75) is 6.92 Å². The van der Waals surface area contributed by atoms with Crippen molar-refractivity contribution in [1.82, 2.24) is 15.0 Å². The summed E-state index contributed by atoms with van der Waals surface area (Å²) in [6.07, 6.45) is 0. The summed E-state index contributed by atoms with van der Waals surface area (Å²) in [5.74, 6) is 0.392. The largest absolute Gasteiger partial charge is 0.484 e. The van der Waals surface area contributed by atoms with E-state index in [0.717, 1.165) is 15.7 Å². The number of aryl methyl sites for hydroxylation is 1. The number of anilines is 1. The zero-order chi connectivity index (χ0) is 19.5. The van der Waals surface area contributed by atoms with Crippen molar-refractivity contribution in [2.24, 2.45) is 0 Å². The first kappa shape index (κ1) is 18.2. The van der Waals surface area contributed by atoms with Crippen LogP contribution in [0.5, 0.6) is 5.75 Å². The number of ether oxygens (including phenoxy) is 1. The molecule has 0 radical (unpaired) electrons. The summed E-state index contributed by atoms with van der Waals surface area (Å²) in [4.78, 5) is 13.8. The molecule has 0 fully saturated rings. The summed E-state index contributed by atoms with van der Waals surface area (Å²) >= 11 is 3.36. The van der Waals surface area contributed by atoms with Gasteiger partial charge >= 0.3 is 0 Å². The second-order valence-corrected chi connectivity index (χ2v) is 7.23. The van der Waals surface area contributed by atoms with Crippen LogP contribution in [0.3, 0.4) is 0 Å². The van der Waals surface area contributed by atoms with Crippen molar-refractivity contribution in [3.8, 4) is 11.4 Å². The average molecular weight is 437 g/mol. The van der Waals surface area contributed by atoms with E-state index < -0.39 is 0 Å². The minimum Gasteiger partial charge on any atom is -0.484 e. The van der Waals surface area contributed by atoms with Crippen LogP contribution in [0, 0.1) is 6.92 Å². The van der Waals surface area contributed by atoms with E-state index in [1.807, 2.05) is 49.4 Å². The number of benzene rings is 3. The zero-order valence-corrected chi connectivity index (χ0v) is 16.7. The van der Waals surface area contributed by atoms with Gasteiger partial charge in [-0.3, -0.25) is 4.79 Å². The molecule has 7 heteroatoms. The molecule has 0 saturated heterocycles. The van der Waals surface area contributed by atoms with Crippen LogP contribution in [0.2, 0.25) is 0 Å². The molecule has 4 aromatic rings. The Balaban J connectivity index is 1.44. The van der Waals surface area contributed by atoms with Gasteiger partial charge in [0.15, 0.2) is 6.61 Å². The molecule has 0 saturated carbocycles. The number of hydrogen-bond acceptors (Lipinski definition) is 4. The normalized spacial score (nSPS) is 10.8. The SMILES string of the molecule is Cc1ccc(-n2nc3ccc(NC(=O)COc4ccc(Br)cc4)cc3n2)cc1. The molecule has 0 spiro atoms. The van der Waals surface area contributed by atoms with Gasteiger partial charge in [-0.25, -0.2) is 0 Å². The summed E-state index contributed by atoms with van der Waals surface area (Å²) < 4.78 is 6.44. The van der Waals surface area contributed by atoms with E-state index in [0.29, 0.717) is 17.0 Å². The van der Waals surface area contributed by atoms with Gasteiger partial charge in [-0.1, -0.05) is 33.6 Å². The Labute approximate surface area is 170 Å². The maximum Gasteiger partial charge on any atom is 0.262 e. The highest BCUT2D eigenvalue weighted by Gasteiger charge is 2.08. The van der Waals surface area contributed by atoms with Crippen molar-refractivity contribution < 1.29 is 9.53 Å². The third-order valence-electron chi connectivity index (χ3n) is 4.11. The van der Waals surface area contributed by atoms with Crippen molar-refractivity contribution in [3.63, 3.8) is 0 Å². The van der Waals surface area contributed by atoms with Crippen LogP contribution >= 0.6 is 15.9 Å². The van der Waals surface area contributed by atoms with Crippen LogP contribution < -0.4 is 10.1 Å². The summed E-state index contributed by atoms with van der Waals surface area (Å²) in [7, 11) is 0. The number of nitrogens with zero attached hydrogens (tertiary/aromatic N) is 3. The predicted octanol–water partition coefficient (Wildman–Crippen LogP) is 4.51. The summed E-state index contributed by atoms with van der Waals surface area (Å²) in [6.45, 7) is 1.96. The highest BCUT2D eigenvalue weighted by molar-refractivity contribution is 9.10. The van der Waals surface area contributed by atoms with Crippen molar-refractivity contribution >= 4 is 38.6 Å². The molecule has 3 aromatic carbocycles. The van der Waals surface area contributed by atoms with Gasteiger partial charge in [0.05, 0.1) is 5.69 Å². The second-order valence-electron chi connectivity index (χ2n) is 6.32. The molecule has 28 heavy (non-hydrogen) atoms. The van der Waals surface area contributed by atoms with Gasteiger partial charge in [-0.05, 0) is 61.5 Å². The molecule has 6 nitrogen and oxygen atoms in total. The molecule has 0 aliphatic heterocycles. The highest BCUT2D eigenvalue weighted by atomic mass is 79.9. The average Bonchev–Trinajstić information content (AvgIpc) is 3.11. The molecule has 1 N–H and O–H groups in total. The summed E-state index contributed by atoms with van der Waals surface area (Å²) in [6, 6.07) is 20.7. The quantitative estimate of drug-likeness (QED) is 0.499. The molecule has 1 amide bonds. The standard InChI is InChI=1S/C21H17BrN4O2/c1-14-2-7-17(8-3-14)26-24-19-11-6-16(12-20(19)25-26)23-21(27)13-28-18-9-4-15(22)5-10-18/h2-12H,13H2,1H3,(H,23,27). The fourth-order valence-corrected chi connectivity index (χ4v) is 2.93. The number of rotatable bonds is 5. The lowest BCUT2D eigenvalue weighted by molar-refractivity contribution is -0.118. The highest BCUT2D eigenvalue weighted by Crippen LogP contribution is 2.19. The Morgan fingerprint density at radius 1 is 1.00 bits per heavy atom. The number of fused-ring (bicyclic) bond motifs is 1.